The quantitative estimate of drug-likeness (QED) is 0.492. The van der Waals surface area contributed by atoms with Crippen LogP contribution in [0.4, 0.5) is 13.2 Å². The van der Waals surface area contributed by atoms with Crippen molar-refractivity contribution in [3.63, 3.8) is 0 Å². The molecule has 1 fully saturated rings. The smallest absolute Gasteiger partial charge is 0.350 e. The highest BCUT2D eigenvalue weighted by Gasteiger charge is 2.56. The number of hydroxylamine groups is 1. The van der Waals surface area contributed by atoms with Gasteiger partial charge in [0.2, 0.25) is 0 Å². The largest absolute Gasteiger partial charge is 0.423 e. The molecular formula is C12H8ClF3N2O3S. The Bertz CT molecular complexity index is 784. The van der Waals surface area contributed by atoms with Crippen LogP contribution in [0, 0.1) is 0 Å². The van der Waals surface area contributed by atoms with Gasteiger partial charge < -0.3 is 4.42 Å². The number of thioether (sulfide) groups is 1. The molecule has 2 atom stereocenters. The van der Waals surface area contributed by atoms with E-state index < -0.39 is 21.5 Å². The zero-order valence-electron chi connectivity index (χ0n) is 10.6. The Morgan fingerprint density at radius 3 is 2.73 bits per heavy atom. The Balaban J connectivity index is 2.02. The minimum absolute atomic E-state index is 0.0803. The average Bonchev–Trinajstić information content (AvgIpc) is 2.74. The van der Waals surface area contributed by atoms with Gasteiger partial charge in [-0.15, -0.1) is 5.17 Å². The summed E-state index contributed by atoms with van der Waals surface area (Å²) in [5.41, 5.74) is 1.24. The molecule has 1 aliphatic rings. The molecule has 0 saturated carbocycles. The van der Waals surface area contributed by atoms with Gasteiger partial charge in [-0.1, -0.05) is 23.9 Å². The highest BCUT2D eigenvalue weighted by molar-refractivity contribution is 8.00. The Morgan fingerprint density at radius 1 is 1.41 bits per heavy atom. The molecule has 10 heteroatoms. The van der Waals surface area contributed by atoms with Crippen molar-refractivity contribution in [3.05, 3.63) is 46.3 Å². The molecule has 118 valence electrons. The monoisotopic (exact) mass is 352 g/mol. The van der Waals surface area contributed by atoms with Crippen LogP contribution in [-0.4, -0.2) is 21.1 Å². The molecule has 1 saturated heterocycles. The SMILES string of the molecule is O=c1ccc2ccc(C3(F)NN(O)C(C(F)(F)Cl)S3)cc2o1. The number of hydrogen-bond acceptors (Lipinski definition) is 6. The second-order valence-electron chi connectivity index (χ2n) is 4.57. The number of benzene rings is 1. The topological polar surface area (TPSA) is 65.7 Å². The molecule has 1 aliphatic heterocycles. The lowest BCUT2D eigenvalue weighted by atomic mass is 10.1. The molecule has 0 spiro atoms. The van der Waals surface area contributed by atoms with Crippen LogP contribution < -0.4 is 11.1 Å². The molecule has 1 aromatic heterocycles. The number of halogens is 4. The standard InChI is InChI=1S/C12H8ClF3N2O3S/c13-11(14,15)10-18(20)17-12(16,22-10)7-3-1-6-2-4-9(19)21-8(6)5-7/h1-5,10,17,20H. The van der Waals surface area contributed by atoms with Crippen molar-refractivity contribution >= 4 is 34.3 Å². The summed E-state index contributed by atoms with van der Waals surface area (Å²) >= 11 is 4.93. The molecular weight excluding hydrogens is 345 g/mol. The number of alkyl halides is 4. The van der Waals surface area contributed by atoms with Gasteiger partial charge in [0.15, 0.2) is 5.37 Å². The van der Waals surface area contributed by atoms with Crippen molar-refractivity contribution in [3.8, 4) is 0 Å². The van der Waals surface area contributed by atoms with Crippen LogP contribution in [-0.2, 0) is 5.12 Å². The predicted molar refractivity (Wildman–Crippen MR) is 74.2 cm³/mol. The van der Waals surface area contributed by atoms with Gasteiger partial charge in [0, 0.05) is 17.0 Å². The maximum atomic E-state index is 14.8. The van der Waals surface area contributed by atoms with Crippen molar-refractivity contribution in [2.45, 2.75) is 15.9 Å². The van der Waals surface area contributed by atoms with E-state index in [1.54, 1.807) is 0 Å². The third-order valence-corrected chi connectivity index (χ3v) is 4.74. The minimum atomic E-state index is -3.86. The second kappa shape index (κ2) is 5.14. The zero-order chi connectivity index (χ0) is 16.1. The number of hydrogen-bond donors (Lipinski definition) is 2. The fourth-order valence-electron chi connectivity index (χ4n) is 2.03. The summed E-state index contributed by atoms with van der Waals surface area (Å²) < 4.78 is 46.0. The first-order valence-corrected chi connectivity index (χ1v) is 7.18. The van der Waals surface area contributed by atoms with Gasteiger partial charge in [-0.2, -0.15) is 14.2 Å². The molecule has 2 unspecified atom stereocenters. The van der Waals surface area contributed by atoms with Crippen LogP contribution in [0.1, 0.15) is 5.56 Å². The summed E-state index contributed by atoms with van der Waals surface area (Å²) in [4.78, 5) is 11.2. The molecule has 0 aliphatic carbocycles. The first kappa shape index (κ1) is 15.6. The number of nitrogens with zero attached hydrogens (tertiary/aromatic N) is 1. The third-order valence-electron chi connectivity index (χ3n) is 3.03. The van der Waals surface area contributed by atoms with Crippen LogP contribution in [0.5, 0.6) is 0 Å². The van der Waals surface area contributed by atoms with Gasteiger partial charge in [-0.3, -0.25) is 5.21 Å². The molecule has 2 aromatic rings. The van der Waals surface area contributed by atoms with E-state index in [1.165, 1.54) is 30.3 Å². The number of rotatable bonds is 2. The number of fused-ring (bicyclic) bond motifs is 1. The van der Waals surface area contributed by atoms with Crippen molar-refractivity contribution in [1.82, 2.24) is 10.6 Å². The minimum Gasteiger partial charge on any atom is -0.423 e. The molecule has 0 radical (unpaired) electrons. The van der Waals surface area contributed by atoms with E-state index >= 15 is 0 Å². The van der Waals surface area contributed by atoms with Crippen molar-refractivity contribution in [2.24, 2.45) is 0 Å². The highest BCUT2D eigenvalue weighted by Crippen LogP contribution is 2.50. The van der Waals surface area contributed by atoms with Gasteiger partial charge in [0.25, 0.3) is 5.12 Å². The molecule has 22 heavy (non-hydrogen) atoms. The van der Waals surface area contributed by atoms with Crippen molar-refractivity contribution in [2.75, 3.05) is 0 Å². The highest BCUT2D eigenvalue weighted by atomic mass is 35.5. The van der Waals surface area contributed by atoms with E-state index in [1.807, 2.05) is 5.43 Å². The molecule has 0 bridgehead atoms. The Kier molecular flexibility index (Phi) is 3.65. The Hall–Kier alpha value is -1.26. The van der Waals surface area contributed by atoms with Crippen molar-refractivity contribution in [1.29, 1.82) is 0 Å². The lowest BCUT2D eigenvalue weighted by molar-refractivity contribution is -0.189. The maximum Gasteiger partial charge on any atom is 0.350 e. The van der Waals surface area contributed by atoms with Gasteiger partial charge in [0.05, 0.1) is 0 Å². The Morgan fingerprint density at radius 2 is 2.09 bits per heavy atom. The predicted octanol–water partition coefficient (Wildman–Crippen LogP) is 2.97. The normalized spacial score (nSPS) is 26.7. The van der Waals surface area contributed by atoms with Crippen LogP contribution in [0.3, 0.4) is 0 Å². The van der Waals surface area contributed by atoms with E-state index in [2.05, 4.69) is 0 Å². The molecule has 2 N–H and O–H groups in total. The summed E-state index contributed by atoms with van der Waals surface area (Å²) in [6.07, 6.45) is 0. The van der Waals surface area contributed by atoms with E-state index in [0.29, 0.717) is 5.39 Å². The molecule has 2 heterocycles. The van der Waals surface area contributed by atoms with Crippen molar-refractivity contribution < 1.29 is 22.8 Å². The summed E-state index contributed by atoms with van der Waals surface area (Å²) in [6.45, 7) is 0. The number of hydrazine groups is 1. The van der Waals surface area contributed by atoms with E-state index in [9.17, 15) is 23.2 Å². The molecule has 1 aromatic carbocycles. The van der Waals surface area contributed by atoms with Crippen LogP contribution in [0.2, 0.25) is 0 Å². The lowest BCUT2D eigenvalue weighted by Gasteiger charge is -2.19. The molecule has 3 rings (SSSR count). The van der Waals surface area contributed by atoms with E-state index in [0.717, 1.165) is 0 Å². The van der Waals surface area contributed by atoms with E-state index in [-0.39, 0.29) is 28.1 Å². The first-order chi connectivity index (χ1) is 10.2. The van der Waals surface area contributed by atoms with Crippen LogP contribution in [0.15, 0.2) is 39.5 Å². The van der Waals surface area contributed by atoms with E-state index in [4.69, 9.17) is 16.0 Å². The number of nitrogens with one attached hydrogen (secondary N) is 1. The Labute approximate surface area is 130 Å². The summed E-state index contributed by atoms with van der Waals surface area (Å²) in [5, 5.41) is 1.42. The summed E-state index contributed by atoms with van der Waals surface area (Å²) in [5.74, 6) is 0. The fourth-order valence-corrected chi connectivity index (χ4v) is 3.26. The van der Waals surface area contributed by atoms with Gasteiger partial charge in [-0.25, -0.2) is 9.18 Å². The second-order valence-corrected chi connectivity index (χ2v) is 6.32. The van der Waals surface area contributed by atoms with Crippen LogP contribution in [0.25, 0.3) is 11.0 Å². The first-order valence-electron chi connectivity index (χ1n) is 5.93. The van der Waals surface area contributed by atoms with Gasteiger partial charge in [0.1, 0.15) is 5.58 Å². The average molecular weight is 353 g/mol. The summed E-state index contributed by atoms with van der Waals surface area (Å²) in [7, 11) is 0. The van der Waals surface area contributed by atoms with Gasteiger partial charge in [-0.05, 0) is 23.7 Å². The summed E-state index contributed by atoms with van der Waals surface area (Å²) in [6, 6.07) is 6.67. The maximum absolute atomic E-state index is 14.8. The third kappa shape index (κ3) is 2.70. The van der Waals surface area contributed by atoms with Crippen LogP contribution >= 0.6 is 23.4 Å². The fraction of sp³-hybridized carbons (Fsp3) is 0.250. The molecule has 0 amide bonds. The molecule has 5 nitrogen and oxygen atoms in total. The lowest BCUT2D eigenvalue weighted by Crippen LogP contribution is -2.44. The van der Waals surface area contributed by atoms with Gasteiger partial charge >= 0.3 is 11.0 Å². The zero-order valence-corrected chi connectivity index (χ0v) is 12.2.